The Morgan fingerprint density at radius 2 is 1.80 bits per heavy atom. The summed E-state index contributed by atoms with van der Waals surface area (Å²) in [5.41, 5.74) is 10.6. The highest BCUT2D eigenvalue weighted by molar-refractivity contribution is 5.97. The van der Waals surface area contributed by atoms with E-state index >= 15 is 0 Å². The Morgan fingerprint density at radius 3 is 2.52 bits per heavy atom. The fourth-order valence-electron chi connectivity index (χ4n) is 2.98. The summed E-state index contributed by atoms with van der Waals surface area (Å²) in [4.78, 5) is 16.5. The molecule has 0 atom stereocenters. The first-order chi connectivity index (χ1) is 12.2. The maximum Gasteiger partial charge on any atom is 0.269 e. The Kier molecular flexibility index (Phi) is 3.85. The van der Waals surface area contributed by atoms with Crippen LogP contribution in [-0.4, -0.2) is 22.1 Å². The van der Waals surface area contributed by atoms with Gasteiger partial charge in [0.2, 0.25) is 0 Å². The molecule has 1 aliphatic heterocycles. The lowest BCUT2D eigenvalue weighted by Gasteiger charge is -2.17. The molecule has 3 N–H and O–H groups in total. The van der Waals surface area contributed by atoms with Gasteiger partial charge in [-0.1, -0.05) is 18.2 Å². The van der Waals surface area contributed by atoms with Crippen LogP contribution in [-0.2, 0) is 6.42 Å². The zero-order valence-electron chi connectivity index (χ0n) is 13.6. The number of nitrogens with one attached hydrogen (secondary N) is 1. The monoisotopic (exact) mass is 334 g/mol. The van der Waals surface area contributed by atoms with Crippen LogP contribution in [0.15, 0.2) is 54.6 Å². The molecule has 4 rings (SSSR count). The van der Waals surface area contributed by atoms with Crippen LogP contribution in [0, 0.1) is 0 Å². The second kappa shape index (κ2) is 6.32. The highest BCUT2D eigenvalue weighted by Crippen LogP contribution is 2.28. The summed E-state index contributed by atoms with van der Waals surface area (Å²) in [5.74, 6) is 1.83. The molecular formula is C19H18N4O2. The van der Waals surface area contributed by atoms with E-state index in [4.69, 9.17) is 10.5 Å². The fraction of sp³-hybridized carbons (Fsp3) is 0.158. The van der Waals surface area contributed by atoms with Gasteiger partial charge < -0.3 is 15.9 Å². The number of nitrogens with zero attached hydrogens (tertiary/aromatic N) is 2. The SMILES string of the molecule is NC(=O)c1c(-c2ccc(Oc3ccccc3)cc2)nc2n1NCCC2. The van der Waals surface area contributed by atoms with Crippen LogP contribution in [0.25, 0.3) is 11.3 Å². The molecule has 1 amide bonds. The quantitative estimate of drug-likeness (QED) is 0.768. The van der Waals surface area contributed by atoms with Gasteiger partial charge >= 0.3 is 0 Å². The van der Waals surface area contributed by atoms with Gasteiger partial charge in [-0.2, -0.15) is 0 Å². The van der Waals surface area contributed by atoms with E-state index in [1.54, 1.807) is 4.68 Å². The van der Waals surface area contributed by atoms with E-state index < -0.39 is 5.91 Å². The number of nitrogens with two attached hydrogens (primary N) is 1. The minimum absolute atomic E-state index is 0.395. The Bertz CT molecular complexity index is 901. The first kappa shape index (κ1) is 15.3. The van der Waals surface area contributed by atoms with Crippen molar-refractivity contribution in [2.24, 2.45) is 5.73 Å². The van der Waals surface area contributed by atoms with E-state index in [0.29, 0.717) is 11.4 Å². The summed E-state index contributed by atoms with van der Waals surface area (Å²) in [6.07, 6.45) is 1.81. The van der Waals surface area contributed by atoms with Gasteiger partial charge in [0.05, 0.1) is 0 Å². The van der Waals surface area contributed by atoms with Crippen LogP contribution < -0.4 is 15.9 Å². The molecule has 0 saturated carbocycles. The number of primary amides is 1. The second-order valence-corrected chi connectivity index (χ2v) is 5.88. The number of fused-ring (bicyclic) bond motifs is 1. The van der Waals surface area contributed by atoms with E-state index in [9.17, 15) is 4.79 Å². The minimum Gasteiger partial charge on any atom is -0.457 e. The van der Waals surface area contributed by atoms with Gasteiger partial charge in [-0.3, -0.25) is 4.79 Å². The summed E-state index contributed by atoms with van der Waals surface area (Å²) >= 11 is 0. The van der Waals surface area contributed by atoms with Crippen LogP contribution in [0.5, 0.6) is 11.5 Å². The number of benzene rings is 2. The number of aryl methyl sites for hydroxylation is 1. The number of carbonyl (C=O) groups excluding carboxylic acids is 1. The first-order valence-electron chi connectivity index (χ1n) is 8.21. The van der Waals surface area contributed by atoms with Crippen molar-refractivity contribution in [1.82, 2.24) is 9.66 Å². The summed E-state index contributed by atoms with van der Waals surface area (Å²) in [7, 11) is 0. The maximum absolute atomic E-state index is 11.9. The zero-order chi connectivity index (χ0) is 17.2. The lowest BCUT2D eigenvalue weighted by atomic mass is 10.1. The van der Waals surface area contributed by atoms with Crippen molar-refractivity contribution < 1.29 is 9.53 Å². The number of carbonyl (C=O) groups is 1. The standard InChI is InChI=1S/C19H18N4O2/c20-19(24)18-17(22-16-7-4-12-21-23(16)18)13-8-10-15(11-9-13)25-14-5-2-1-3-6-14/h1-3,5-6,8-11,21H,4,7,12H2,(H2,20,24). The smallest absolute Gasteiger partial charge is 0.269 e. The summed E-state index contributed by atoms with van der Waals surface area (Å²) in [6, 6.07) is 17.1. The van der Waals surface area contributed by atoms with Crippen molar-refractivity contribution in [1.29, 1.82) is 0 Å². The fourth-order valence-corrected chi connectivity index (χ4v) is 2.98. The average molecular weight is 334 g/mol. The number of aromatic nitrogens is 2. The maximum atomic E-state index is 11.9. The average Bonchev–Trinajstić information content (AvgIpc) is 3.03. The van der Waals surface area contributed by atoms with Gasteiger partial charge in [0.25, 0.3) is 5.91 Å². The number of ether oxygens (including phenoxy) is 1. The first-order valence-corrected chi connectivity index (χ1v) is 8.21. The molecule has 2 heterocycles. The van der Waals surface area contributed by atoms with E-state index in [1.807, 2.05) is 54.6 Å². The molecule has 0 radical (unpaired) electrons. The predicted molar refractivity (Wildman–Crippen MR) is 95.2 cm³/mol. The summed E-state index contributed by atoms with van der Waals surface area (Å²) in [5, 5.41) is 0. The van der Waals surface area contributed by atoms with Gasteiger partial charge in [-0.05, 0) is 42.8 Å². The zero-order valence-corrected chi connectivity index (χ0v) is 13.6. The lowest BCUT2D eigenvalue weighted by molar-refractivity contribution is 0.0993. The van der Waals surface area contributed by atoms with E-state index in [1.165, 1.54) is 0 Å². The Hall–Kier alpha value is -3.28. The molecule has 6 heteroatoms. The van der Waals surface area contributed by atoms with E-state index in [0.717, 1.165) is 42.3 Å². The molecule has 0 unspecified atom stereocenters. The third kappa shape index (κ3) is 2.94. The second-order valence-electron chi connectivity index (χ2n) is 5.88. The third-order valence-electron chi connectivity index (χ3n) is 4.13. The summed E-state index contributed by atoms with van der Waals surface area (Å²) in [6.45, 7) is 0.799. The van der Waals surface area contributed by atoms with Crippen LogP contribution in [0.2, 0.25) is 0 Å². The number of imidazole rings is 1. The highest BCUT2D eigenvalue weighted by atomic mass is 16.5. The molecule has 6 nitrogen and oxygen atoms in total. The van der Waals surface area contributed by atoms with Crippen molar-refractivity contribution in [3.8, 4) is 22.8 Å². The van der Waals surface area contributed by atoms with Crippen LogP contribution in [0.4, 0.5) is 0 Å². The third-order valence-corrected chi connectivity index (χ3v) is 4.13. The number of amides is 1. The predicted octanol–water partition coefficient (Wildman–Crippen LogP) is 2.93. The Morgan fingerprint density at radius 1 is 1.08 bits per heavy atom. The minimum atomic E-state index is -0.493. The van der Waals surface area contributed by atoms with Gasteiger partial charge in [0, 0.05) is 18.5 Å². The summed E-state index contributed by atoms with van der Waals surface area (Å²) < 4.78 is 7.52. The molecule has 1 aliphatic rings. The van der Waals surface area contributed by atoms with Gasteiger partial charge in [-0.15, -0.1) is 0 Å². The largest absolute Gasteiger partial charge is 0.457 e. The van der Waals surface area contributed by atoms with Crippen molar-refractivity contribution in [3.63, 3.8) is 0 Å². The van der Waals surface area contributed by atoms with Crippen LogP contribution in [0.1, 0.15) is 22.7 Å². The van der Waals surface area contributed by atoms with E-state index in [2.05, 4.69) is 10.4 Å². The molecule has 0 aliphatic carbocycles. The number of para-hydroxylation sites is 1. The molecule has 3 aromatic rings. The topological polar surface area (TPSA) is 82.2 Å². The Labute approximate surface area is 145 Å². The molecule has 0 saturated heterocycles. The molecule has 1 aromatic heterocycles. The molecule has 0 spiro atoms. The number of hydrogen-bond donors (Lipinski definition) is 2. The normalized spacial score (nSPS) is 13.0. The molecule has 0 bridgehead atoms. The highest BCUT2D eigenvalue weighted by Gasteiger charge is 2.24. The number of hydrogen-bond acceptors (Lipinski definition) is 4. The van der Waals surface area contributed by atoms with Crippen molar-refractivity contribution in [2.75, 3.05) is 12.0 Å². The molecular weight excluding hydrogens is 316 g/mol. The molecule has 0 fully saturated rings. The van der Waals surface area contributed by atoms with Crippen molar-refractivity contribution in [3.05, 3.63) is 66.1 Å². The van der Waals surface area contributed by atoms with Crippen LogP contribution >= 0.6 is 0 Å². The van der Waals surface area contributed by atoms with Crippen molar-refractivity contribution in [2.45, 2.75) is 12.8 Å². The van der Waals surface area contributed by atoms with Gasteiger partial charge in [0.15, 0.2) is 5.69 Å². The van der Waals surface area contributed by atoms with Crippen LogP contribution in [0.3, 0.4) is 0 Å². The van der Waals surface area contributed by atoms with Gasteiger partial charge in [-0.25, -0.2) is 9.66 Å². The lowest BCUT2D eigenvalue weighted by Crippen LogP contribution is -2.29. The van der Waals surface area contributed by atoms with Crippen molar-refractivity contribution >= 4 is 5.91 Å². The molecule has 2 aromatic carbocycles. The van der Waals surface area contributed by atoms with E-state index in [-0.39, 0.29) is 0 Å². The Balaban J connectivity index is 1.66. The van der Waals surface area contributed by atoms with Gasteiger partial charge in [0.1, 0.15) is 23.0 Å². The number of rotatable bonds is 4. The molecule has 25 heavy (non-hydrogen) atoms. The molecule has 126 valence electrons.